The molecular formula is C14H21IO3. The molecule has 0 aromatic rings. The molecular weight excluding hydrogens is 343 g/mol. The highest BCUT2D eigenvalue weighted by atomic mass is 127. The molecule has 2 bridgehead atoms. The Morgan fingerprint density at radius 3 is 2.78 bits per heavy atom. The minimum atomic E-state index is -0.554. The Morgan fingerprint density at radius 1 is 1.56 bits per heavy atom. The van der Waals surface area contributed by atoms with E-state index in [1.807, 2.05) is 6.08 Å². The molecule has 2 rings (SSSR count). The topological polar surface area (TPSA) is 35.5 Å². The Hall–Kier alpha value is -0.100. The van der Waals surface area contributed by atoms with Crippen LogP contribution in [0, 0.1) is 5.41 Å². The summed E-state index contributed by atoms with van der Waals surface area (Å²) in [4.78, 5) is 12.4. The molecule has 0 radical (unpaired) electrons. The summed E-state index contributed by atoms with van der Waals surface area (Å²) in [5.74, 6) is -0.129. The first-order valence-corrected chi connectivity index (χ1v) is 8.04. The first-order valence-electron chi connectivity index (χ1n) is 6.52. The van der Waals surface area contributed by atoms with Crippen LogP contribution in [0.25, 0.3) is 0 Å². The first-order chi connectivity index (χ1) is 8.53. The lowest BCUT2D eigenvalue weighted by molar-refractivity contribution is -0.162. The quantitative estimate of drug-likeness (QED) is 0.333. The number of alkyl halides is 1. The molecule has 3 nitrogen and oxygen atoms in total. The van der Waals surface area contributed by atoms with E-state index in [1.165, 1.54) is 7.11 Å². The van der Waals surface area contributed by atoms with Gasteiger partial charge in [0.05, 0.1) is 12.7 Å². The Labute approximate surface area is 122 Å². The molecule has 0 aromatic heterocycles. The Kier molecular flexibility index (Phi) is 3.80. The van der Waals surface area contributed by atoms with Gasteiger partial charge in [0, 0.05) is 4.43 Å². The van der Waals surface area contributed by atoms with E-state index in [0.717, 1.165) is 36.5 Å². The van der Waals surface area contributed by atoms with E-state index < -0.39 is 11.0 Å². The minimum absolute atomic E-state index is 0.129. The summed E-state index contributed by atoms with van der Waals surface area (Å²) in [6.45, 7) is 6.00. The Balaban J connectivity index is 2.52. The highest BCUT2D eigenvalue weighted by molar-refractivity contribution is 14.1. The normalized spacial score (nSPS) is 42.6. The number of hydrogen-bond donors (Lipinski definition) is 0. The van der Waals surface area contributed by atoms with Crippen LogP contribution < -0.4 is 0 Å². The highest BCUT2D eigenvalue weighted by Gasteiger charge is 2.68. The summed E-state index contributed by atoms with van der Waals surface area (Å²) in [5, 5.41) is 0. The van der Waals surface area contributed by atoms with Crippen LogP contribution in [0.4, 0.5) is 0 Å². The summed E-state index contributed by atoms with van der Waals surface area (Å²) in [5.41, 5.74) is -1.25. The van der Waals surface area contributed by atoms with Gasteiger partial charge in [0.1, 0.15) is 11.0 Å². The lowest BCUT2D eigenvalue weighted by Crippen LogP contribution is -2.49. The van der Waals surface area contributed by atoms with Gasteiger partial charge in [-0.2, -0.15) is 0 Å². The van der Waals surface area contributed by atoms with E-state index in [-0.39, 0.29) is 11.6 Å². The summed E-state index contributed by atoms with van der Waals surface area (Å²) >= 11 is 2.37. The fraction of sp³-hybridized carbons (Fsp3) is 0.786. The SMILES string of the molecule is C=C[C@]1(CC)O[C@]2(CI)CCC[C@@]1(C(=O)OC)C2. The monoisotopic (exact) mass is 364 g/mol. The van der Waals surface area contributed by atoms with Gasteiger partial charge in [0.25, 0.3) is 0 Å². The molecule has 2 fully saturated rings. The van der Waals surface area contributed by atoms with E-state index in [2.05, 4.69) is 36.1 Å². The maximum Gasteiger partial charge on any atom is 0.315 e. The average molecular weight is 364 g/mol. The number of hydrogen-bond acceptors (Lipinski definition) is 3. The van der Waals surface area contributed by atoms with Crippen molar-refractivity contribution in [3.05, 3.63) is 12.7 Å². The molecule has 1 heterocycles. The molecule has 1 saturated heterocycles. The number of esters is 1. The predicted octanol–water partition coefficient (Wildman–Crippen LogP) is 3.26. The minimum Gasteiger partial charge on any atom is -0.468 e. The lowest BCUT2D eigenvalue weighted by atomic mass is 9.62. The number of carbonyl (C=O) groups excluding carboxylic acids is 1. The van der Waals surface area contributed by atoms with Crippen molar-refractivity contribution in [3.8, 4) is 0 Å². The smallest absolute Gasteiger partial charge is 0.315 e. The average Bonchev–Trinajstić information content (AvgIpc) is 2.64. The van der Waals surface area contributed by atoms with Crippen LogP contribution in [0.1, 0.15) is 39.0 Å². The second-order valence-corrected chi connectivity index (χ2v) is 6.23. The van der Waals surface area contributed by atoms with Crippen LogP contribution in [0.5, 0.6) is 0 Å². The Morgan fingerprint density at radius 2 is 2.28 bits per heavy atom. The second-order valence-electron chi connectivity index (χ2n) is 5.47. The zero-order valence-electron chi connectivity index (χ0n) is 11.1. The first kappa shape index (κ1) is 14.3. The largest absolute Gasteiger partial charge is 0.468 e. The van der Waals surface area contributed by atoms with Crippen LogP contribution in [0.2, 0.25) is 0 Å². The fourth-order valence-corrected chi connectivity index (χ4v) is 4.65. The van der Waals surface area contributed by atoms with Crippen LogP contribution in [-0.4, -0.2) is 28.7 Å². The van der Waals surface area contributed by atoms with E-state index in [1.54, 1.807) is 0 Å². The van der Waals surface area contributed by atoms with Crippen LogP contribution >= 0.6 is 22.6 Å². The van der Waals surface area contributed by atoms with E-state index >= 15 is 0 Å². The van der Waals surface area contributed by atoms with E-state index in [4.69, 9.17) is 9.47 Å². The molecule has 1 saturated carbocycles. The van der Waals surface area contributed by atoms with Gasteiger partial charge in [-0.3, -0.25) is 4.79 Å². The van der Waals surface area contributed by atoms with Crippen LogP contribution in [0.15, 0.2) is 12.7 Å². The third-order valence-corrected chi connectivity index (χ3v) is 6.13. The number of fused-ring (bicyclic) bond motifs is 2. The molecule has 1 aliphatic heterocycles. The summed E-state index contributed by atoms with van der Waals surface area (Å²) in [7, 11) is 1.47. The number of ether oxygens (including phenoxy) is 2. The zero-order valence-corrected chi connectivity index (χ0v) is 13.3. The van der Waals surface area contributed by atoms with Crippen molar-refractivity contribution in [3.63, 3.8) is 0 Å². The number of methoxy groups -OCH3 is 1. The molecule has 1 aliphatic carbocycles. The fourth-order valence-electron chi connectivity index (χ4n) is 3.85. The molecule has 2 aliphatic rings. The zero-order chi connectivity index (χ0) is 13.4. The molecule has 18 heavy (non-hydrogen) atoms. The molecule has 0 unspecified atom stereocenters. The van der Waals surface area contributed by atoms with Gasteiger partial charge in [0.15, 0.2) is 0 Å². The molecule has 0 N–H and O–H groups in total. The maximum absolute atomic E-state index is 12.4. The number of carbonyl (C=O) groups is 1. The number of halogens is 1. The standard InChI is InChI=1S/C14H21IO3/c1-4-14(5-2)13(11(16)17-3)8-6-7-12(9-13,10-15)18-14/h4H,1,5-10H2,2-3H3/t12-,13+,14-/m1/s1. The maximum atomic E-state index is 12.4. The van der Waals surface area contributed by atoms with E-state index in [0.29, 0.717) is 0 Å². The van der Waals surface area contributed by atoms with Crippen LogP contribution in [-0.2, 0) is 14.3 Å². The van der Waals surface area contributed by atoms with Crippen molar-refractivity contribution in [1.29, 1.82) is 0 Å². The van der Waals surface area contributed by atoms with Crippen molar-refractivity contribution < 1.29 is 14.3 Å². The van der Waals surface area contributed by atoms with Gasteiger partial charge >= 0.3 is 5.97 Å². The van der Waals surface area contributed by atoms with Gasteiger partial charge in [-0.25, -0.2) is 0 Å². The lowest BCUT2D eigenvalue weighted by Gasteiger charge is -2.39. The molecule has 3 atom stereocenters. The molecule has 0 spiro atoms. The van der Waals surface area contributed by atoms with Crippen molar-refractivity contribution in [2.75, 3.05) is 11.5 Å². The summed E-state index contributed by atoms with van der Waals surface area (Å²) < 4.78 is 12.4. The molecule has 0 aromatic carbocycles. The third-order valence-electron chi connectivity index (χ3n) is 4.74. The number of rotatable bonds is 4. The van der Waals surface area contributed by atoms with Gasteiger partial charge < -0.3 is 9.47 Å². The van der Waals surface area contributed by atoms with Crippen molar-refractivity contribution >= 4 is 28.6 Å². The molecule has 4 heteroatoms. The molecule has 102 valence electrons. The van der Waals surface area contributed by atoms with Gasteiger partial charge in [-0.1, -0.05) is 35.6 Å². The second kappa shape index (κ2) is 4.78. The van der Waals surface area contributed by atoms with Gasteiger partial charge in [-0.05, 0) is 32.1 Å². The van der Waals surface area contributed by atoms with Crippen LogP contribution in [0.3, 0.4) is 0 Å². The van der Waals surface area contributed by atoms with Crippen molar-refractivity contribution in [1.82, 2.24) is 0 Å². The summed E-state index contributed by atoms with van der Waals surface area (Å²) in [6, 6.07) is 0. The van der Waals surface area contributed by atoms with Gasteiger partial charge in [0.2, 0.25) is 0 Å². The third kappa shape index (κ3) is 1.68. The van der Waals surface area contributed by atoms with Gasteiger partial charge in [-0.15, -0.1) is 6.58 Å². The van der Waals surface area contributed by atoms with Crippen molar-refractivity contribution in [2.24, 2.45) is 5.41 Å². The van der Waals surface area contributed by atoms with E-state index in [9.17, 15) is 4.79 Å². The predicted molar refractivity (Wildman–Crippen MR) is 78.8 cm³/mol. The summed E-state index contributed by atoms with van der Waals surface area (Å²) in [6.07, 6.45) is 6.28. The molecule has 0 amide bonds. The Bertz CT molecular complexity index is 370. The highest BCUT2D eigenvalue weighted by Crippen LogP contribution is 2.61. The van der Waals surface area contributed by atoms with Crippen molar-refractivity contribution in [2.45, 2.75) is 50.2 Å².